The smallest absolute Gasteiger partial charge is 0.261 e. The third-order valence-corrected chi connectivity index (χ3v) is 5.82. The lowest BCUT2D eigenvalue weighted by Gasteiger charge is -2.12. The molecule has 2 rings (SSSR count). The van der Waals surface area contributed by atoms with Crippen molar-refractivity contribution < 1.29 is 4.79 Å². The summed E-state index contributed by atoms with van der Waals surface area (Å²) < 4.78 is 0. The van der Waals surface area contributed by atoms with Gasteiger partial charge in [-0.15, -0.1) is 23.1 Å². The van der Waals surface area contributed by atoms with Crippen molar-refractivity contribution in [3.63, 3.8) is 0 Å². The molecule has 1 aromatic rings. The molecule has 0 spiro atoms. The number of amides is 1. The highest BCUT2D eigenvalue weighted by Crippen LogP contribution is 2.42. The van der Waals surface area contributed by atoms with Crippen molar-refractivity contribution in [3.05, 3.63) is 4.88 Å². The Balaban J connectivity index is 2.07. The Kier molecular flexibility index (Phi) is 4.62. The number of hydrogen-bond donors (Lipinski definition) is 3. The van der Waals surface area contributed by atoms with Crippen LogP contribution in [-0.4, -0.2) is 18.7 Å². The van der Waals surface area contributed by atoms with Gasteiger partial charge in [-0.2, -0.15) is 0 Å². The van der Waals surface area contributed by atoms with Crippen LogP contribution in [0.2, 0.25) is 0 Å². The summed E-state index contributed by atoms with van der Waals surface area (Å²) in [5.74, 6) is 1.12. The van der Waals surface area contributed by atoms with Gasteiger partial charge in [-0.25, -0.2) is 0 Å². The van der Waals surface area contributed by atoms with Crippen LogP contribution in [0.25, 0.3) is 0 Å². The number of thioether (sulfide) groups is 1. The van der Waals surface area contributed by atoms with Gasteiger partial charge in [0.15, 0.2) is 0 Å². The summed E-state index contributed by atoms with van der Waals surface area (Å²) in [6.45, 7) is 3.26. The van der Waals surface area contributed by atoms with Crippen molar-refractivity contribution in [1.82, 2.24) is 0 Å². The van der Waals surface area contributed by atoms with Gasteiger partial charge in [0.2, 0.25) is 0 Å². The van der Waals surface area contributed by atoms with E-state index in [1.807, 2.05) is 6.26 Å². The molecule has 0 radical (unpaired) electrons. The maximum Gasteiger partial charge on any atom is 0.261 e. The van der Waals surface area contributed by atoms with E-state index < -0.39 is 5.91 Å². The molecule has 1 aromatic heterocycles. The van der Waals surface area contributed by atoms with Gasteiger partial charge in [0.1, 0.15) is 9.88 Å². The Bertz CT molecular complexity index is 473. The van der Waals surface area contributed by atoms with E-state index in [2.05, 4.69) is 12.2 Å². The summed E-state index contributed by atoms with van der Waals surface area (Å²) in [5.41, 5.74) is 11.8. The predicted molar refractivity (Wildman–Crippen MR) is 84.0 cm³/mol. The van der Waals surface area contributed by atoms with Crippen LogP contribution < -0.4 is 16.8 Å². The summed E-state index contributed by atoms with van der Waals surface area (Å²) in [4.78, 5) is 12.7. The highest BCUT2D eigenvalue weighted by Gasteiger charge is 2.23. The molecule has 6 heteroatoms. The summed E-state index contributed by atoms with van der Waals surface area (Å²) in [7, 11) is 0. The lowest BCUT2D eigenvalue weighted by Crippen LogP contribution is -2.11. The van der Waals surface area contributed by atoms with Gasteiger partial charge in [-0.1, -0.05) is 13.3 Å². The highest BCUT2D eigenvalue weighted by atomic mass is 32.2. The Labute approximate surface area is 122 Å². The summed E-state index contributed by atoms with van der Waals surface area (Å²) in [5, 5.41) is 4.44. The fraction of sp³-hybridized carbons (Fsp3) is 0.615. The molecule has 0 aromatic carbocycles. The maximum atomic E-state index is 11.3. The molecule has 0 aliphatic heterocycles. The van der Waals surface area contributed by atoms with E-state index in [1.54, 1.807) is 11.8 Å². The molecule has 5 N–H and O–H groups in total. The SMILES string of the molecule is CSc1c(NCC2CCC(C)C2)sc(C(N)=O)c1N. The first-order valence-electron chi connectivity index (χ1n) is 6.52. The molecule has 0 bridgehead atoms. The molecule has 1 aliphatic carbocycles. The van der Waals surface area contributed by atoms with Crippen LogP contribution >= 0.6 is 23.1 Å². The molecule has 2 unspecified atom stereocenters. The van der Waals surface area contributed by atoms with Crippen molar-refractivity contribution in [1.29, 1.82) is 0 Å². The van der Waals surface area contributed by atoms with Crippen LogP contribution in [0.4, 0.5) is 10.7 Å². The highest BCUT2D eigenvalue weighted by molar-refractivity contribution is 7.99. The number of anilines is 2. The van der Waals surface area contributed by atoms with Crippen molar-refractivity contribution in [2.24, 2.45) is 17.6 Å². The number of primary amides is 1. The minimum atomic E-state index is -0.444. The number of carbonyl (C=O) groups excluding carboxylic acids is 1. The van der Waals surface area contributed by atoms with E-state index in [9.17, 15) is 4.79 Å². The first-order valence-corrected chi connectivity index (χ1v) is 8.57. The molecule has 1 fully saturated rings. The molecular formula is C13H21N3OS2. The Hall–Kier alpha value is -0.880. The van der Waals surface area contributed by atoms with Gasteiger partial charge in [-0.3, -0.25) is 4.79 Å². The molecule has 1 heterocycles. The number of carbonyl (C=O) groups is 1. The van der Waals surface area contributed by atoms with E-state index in [0.29, 0.717) is 10.6 Å². The van der Waals surface area contributed by atoms with Crippen molar-refractivity contribution >= 4 is 39.7 Å². The fourth-order valence-corrected chi connectivity index (χ4v) is 4.57. The average Bonchev–Trinajstić information content (AvgIpc) is 2.90. The molecule has 1 amide bonds. The zero-order chi connectivity index (χ0) is 14.0. The number of nitrogens with one attached hydrogen (secondary N) is 1. The number of hydrogen-bond acceptors (Lipinski definition) is 5. The Morgan fingerprint density at radius 1 is 1.53 bits per heavy atom. The molecule has 4 nitrogen and oxygen atoms in total. The van der Waals surface area contributed by atoms with Crippen LogP contribution in [0, 0.1) is 11.8 Å². The standard InChI is InChI=1S/C13H21N3OS2/c1-7-3-4-8(5-7)6-16-13-11(18-2)9(14)10(19-13)12(15)17/h7-8,16H,3-6,14H2,1-2H3,(H2,15,17). The molecule has 2 atom stereocenters. The van der Waals surface area contributed by atoms with E-state index in [0.717, 1.165) is 28.3 Å². The van der Waals surface area contributed by atoms with Crippen LogP contribution in [-0.2, 0) is 0 Å². The minimum Gasteiger partial charge on any atom is -0.396 e. The lowest BCUT2D eigenvalue weighted by atomic mass is 10.1. The molecule has 106 valence electrons. The van der Waals surface area contributed by atoms with E-state index >= 15 is 0 Å². The summed E-state index contributed by atoms with van der Waals surface area (Å²) in [6.07, 6.45) is 5.85. The first-order chi connectivity index (χ1) is 9.02. The number of nitrogens with two attached hydrogens (primary N) is 2. The minimum absolute atomic E-state index is 0.444. The molecule has 0 saturated heterocycles. The quantitative estimate of drug-likeness (QED) is 0.730. The van der Waals surface area contributed by atoms with Crippen molar-refractivity contribution in [2.45, 2.75) is 31.1 Å². The van der Waals surface area contributed by atoms with Crippen LogP contribution in [0.15, 0.2) is 4.90 Å². The molecular weight excluding hydrogens is 278 g/mol. The van der Waals surface area contributed by atoms with Gasteiger partial charge >= 0.3 is 0 Å². The zero-order valence-corrected chi connectivity index (χ0v) is 13.0. The van der Waals surface area contributed by atoms with Crippen molar-refractivity contribution in [3.8, 4) is 0 Å². The average molecular weight is 299 g/mol. The number of nitrogen functional groups attached to an aromatic ring is 1. The van der Waals surface area contributed by atoms with Gasteiger partial charge in [-0.05, 0) is 30.9 Å². The monoisotopic (exact) mass is 299 g/mol. The van der Waals surface area contributed by atoms with E-state index in [4.69, 9.17) is 11.5 Å². The molecule has 1 aliphatic rings. The second-order valence-electron chi connectivity index (χ2n) is 5.24. The maximum absolute atomic E-state index is 11.3. The van der Waals surface area contributed by atoms with E-state index in [-0.39, 0.29) is 0 Å². The summed E-state index contributed by atoms with van der Waals surface area (Å²) >= 11 is 2.93. The van der Waals surface area contributed by atoms with Crippen LogP contribution in [0.5, 0.6) is 0 Å². The first kappa shape index (κ1) is 14.5. The Morgan fingerprint density at radius 3 is 2.79 bits per heavy atom. The Morgan fingerprint density at radius 2 is 2.26 bits per heavy atom. The molecule has 1 saturated carbocycles. The lowest BCUT2D eigenvalue weighted by molar-refractivity contribution is 0.100. The van der Waals surface area contributed by atoms with Gasteiger partial charge in [0, 0.05) is 6.54 Å². The second-order valence-corrected chi connectivity index (χ2v) is 7.07. The van der Waals surface area contributed by atoms with Crippen molar-refractivity contribution in [2.75, 3.05) is 23.9 Å². The third kappa shape index (κ3) is 3.17. The van der Waals surface area contributed by atoms with Crippen LogP contribution in [0.3, 0.4) is 0 Å². The summed E-state index contributed by atoms with van der Waals surface area (Å²) in [6, 6.07) is 0. The number of rotatable bonds is 5. The fourth-order valence-electron chi connectivity index (χ4n) is 2.68. The second kappa shape index (κ2) is 6.05. The zero-order valence-electron chi connectivity index (χ0n) is 11.4. The van der Waals surface area contributed by atoms with Gasteiger partial charge in [0.05, 0.1) is 10.6 Å². The largest absolute Gasteiger partial charge is 0.396 e. The topological polar surface area (TPSA) is 81.1 Å². The van der Waals surface area contributed by atoms with E-state index in [1.165, 1.54) is 30.6 Å². The third-order valence-electron chi connectivity index (χ3n) is 3.68. The number of thiophene rings is 1. The van der Waals surface area contributed by atoms with Gasteiger partial charge in [0.25, 0.3) is 5.91 Å². The predicted octanol–water partition coefficient (Wildman–Crippen LogP) is 3.00. The van der Waals surface area contributed by atoms with Gasteiger partial charge < -0.3 is 16.8 Å². The van der Waals surface area contributed by atoms with Crippen LogP contribution in [0.1, 0.15) is 35.9 Å². The normalized spacial score (nSPS) is 22.6. The molecule has 19 heavy (non-hydrogen) atoms.